The Morgan fingerprint density at radius 2 is 1.73 bits per heavy atom. The number of hydrogen-bond donors (Lipinski definition) is 3. The molecule has 2 aromatic rings. The predicted molar refractivity (Wildman–Crippen MR) is 121 cm³/mol. The van der Waals surface area contributed by atoms with Gasteiger partial charge < -0.3 is 30.1 Å². The number of nitrogens with zero attached hydrogens (tertiary/aromatic N) is 2. The Kier molecular flexibility index (Phi) is 7.65. The van der Waals surface area contributed by atoms with Gasteiger partial charge in [-0.3, -0.25) is 0 Å². The molecule has 3 rings (SSSR count). The molecule has 162 valence electrons. The summed E-state index contributed by atoms with van der Waals surface area (Å²) in [4.78, 5) is 7.15. The number of phenolic OH excluding ortho intramolecular Hbond substituents is 1. The van der Waals surface area contributed by atoms with E-state index in [0.717, 1.165) is 44.0 Å². The lowest BCUT2D eigenvalue weighted by molar-refractivity contribution is 0.339. The molecule has 0 atom stereocenters. The minimum atomic E-state index is 0.00272. The van der Waals surface area contributed by atoms with E-state index in [4.69, 9.17) is 14.5 Å². The standard InChI is InChI=1S/C23H32N4O3/c1-4-24-23(25-16-17-14-20(29-2)22(28)21(15-17)30-3)26-18-10-12-27(13-11-18)19-8-6-5-7-9-19/h5-9,14-15,18,28H,4,10-13,16H2,1-3H3,(H2,24,25,26). The third kappa shape index (κ3) is 5.49. The Morgan fingerprint density at radius 1 is 1.10 bits per heavy atom. The van der Waals surface area contributed by atoms with E-state index in [9.17, 15) is 5.11 Å². The molecule has 7 heteroatoms. The number of aliphatic imine (C=N–C) groups is 1. The van der Waals surface area contributed by atoms with Gasteiger partial charge in [-0.15, -0.1) is 0 Å². The van der Waals surface area contributed by atoms with Crippen molar-refractivity contribution in [2.45, 2.75) is 32.4 Å². The van der Waals surface area contributed by atoms with E-state index in [0.29, 0.717) is 24.1 Å². The maximum Gasteiger partial charge on any atom is 0.200 e. The molecule has 0 saturated carbocycles. The molecule has 1 aliphatic rings. The molecular formula is C23H32N4O3. The van der Waals surface area contributed by atoms with Gasteiger partial charge in [-0.1, -0.05) is 18.2 Å². The highest BCUT2D eigenvalue weighted by Gasteiger charge is 2.20. The van der Waals surface area contributed by atoms with Gasteiger partial charge in [-0.05, 0) is 49.6 Å². The summed E-state index contributed by atoms with van der Waals surface area (Å²) in [6.07, 6.45) is 2.11. The van der Waals surface area contributed by atoms with Gasteiger partial charge in [0.2, 0.25) is 5.75 Å². The third-order valence-corrected chi connectivity index (χ3v) is 5.26. The highest BCUT2D eigenvalue weighted by Crippen LogP contribution is 2.37. The highest BCUT2D eigenvalue weighted by molar-refractivity contribution is 5.80. The van der Waals surface area contributed by atoms with Crippen LogP contribution in [0.15, 0.2) is 47.5 Å². The summed E-state index contributed by atoms with van der Waals surface area (Å²) in [5.74, 6) is 1.56. The molecule has 1 fully saturated rings. The SMILES string of the molecule is CCNC(=NCc1cc(OC)c(O)c(OC)c1)NC1CCN(c2ccccc2)CC1. The summed E-state index contributed by atoms with van der Waals surface area (Å²) in [6, 6.07) is 14.5. The number of aromatic hydroxyl groups is 1. The monoisotopic (exact) mass is 412 g/mol. The lowest BCUT2D eigenvalue weighted by Crippen LogP contribution is -2.48. The van der Waals surface area contributed by atoms with Crippen LogP contribution in [0.3, 0.4) is 0 Å². The van der Waals surface area contributed by atoms with Gasteiger partial charge in [0.25, 0.3) is 0 Å². The molecule has 2 aromatic carbocycles. The molecular weight excluding hydrogens is 380 g/mol. The average molecular weight is 413 g/mol. The smallest absolute Gasteiger partial charge is 0.200 e. The summed E-state index contributed by atoms with van der Waals surface area (Å²) < 4.78 is 10.5. The Balaban J connectivity index is 1.62. The van der Waals surface area contributed by atoms with E-state index >= 15 is 0 Å². The summed E-state index contributed by atoms with van der Waals surface area (Å²) >= 11 is 0. The van der Waals surface area contributed by atoms with Crippen molar-refractivity contribution in [1.82, 2.24) is 10.6 Å². The number of piperidine rings is 1. The quantitative estimate of drug-likeness (QED) is 0.479. The first-order valence-electron chi connectivity index (χ1n) is 10.4. The van der Waals surface area contributed by atoms with E-state index in [-0.39, 0.29) is 5.75 Å². The van der Waals surface area contributed by atoms with Crippen molar-refractivity contribution in [2.24, 2.45) is 4.99 Å². The van der Waals surface area contributed by atoms with Gasteiger partial charge in [0.05, 0.1) is 20.8 Å². The Morgan fingerprint density at radius 3 is 2.30 bits per heavy atom. The minimum absolute atomic E-state index is 0.00272. The zero-order valence-corrected chi connectivity index (χ0v) is 18.0. The zero-order chi connectivity index (χ0) is 21.3. The zero-order valence-electron chi connectivity index (χ0n) is 18.0. The number of nitrogens with one attached hydrogen (secondary N) is 2. The van der Waals surface area contributed by atoms with E-state index in [1.165, 1.54) is 19.9 Å². The number of rotatable bonds is 7. The first-order chi connectivity index (χ1) is 14.6. The van der Waals surface area contributed by atoms with Crippen LogP contribution in [0, 0.1) is 0 Å². The van der Waals surface area contributed by atoms with E-state index in [2.05, 4.69) is 52.8 Å². The molecule has 0 aliphatic carbocycles. The molecule has 0 amide bonds. The molecule has 3 N–H and O–H groups in total. The van der Waals surface area contributed by atoms with E-state index in [1.807, 2.05) is 0 Å². The Bertz CT molecular complexity index is 809. The van der Waals surface area contributed by atoms with Crippen molar-refractivity contribution < 1.29 is 14.6 Å². The van der Waals surface area contributed by atoms with Gasteiger partial charge >= 0.3 is 0 Å². The number of benzene rings is 2. The fraction of sp³-hybridized carbons (Fsp3) is 0.435. The predicted octanol–water partition coefficient (Wildman–Crippen LogP) is 3.13. The number of phenols is 1. The van der Waals surface area contributed by atoms with Crippen LogP contribution in [0.1, 0.15) is 25.3 Å². The van der Waals surface area contributed by atoms with Crippen LogP contribution in [0.4, 0.5) is 5.69 Å². The lowest BCUT2D eigenvalue weighted by Gasteiger charge is -2.34. The summed E-state index contributed by atoms with van der Waals surface area (Å²) in [7, 11) is 3.05. The average Bonchev–Trinajstić information content (AvgIpc) is 2.79. The fourth-order valence-electron chi connectivity index (χ4n) is 3.64. The largest absolute Gasteiger partial charge is 0.502 e. The van der Waals surface area contributed by atoms with Crippen LogP contribution in [-0.4, -0.2) is 51.0 Å². The Labute approximate surface area is 178 Å². The fourth-order valence-corrected chi connectivity index (χ4v) is 3.64. The van der Waals surface area contributed by atoms with Crippen LogP contribution < -0.4 is 25.0 Å². The molecule has 7 nitrogen and oxygen atoms in total. The maximum absolute atomic E-state index is 10.1. The first kappa shape index (κ1) is 21.6. The van der Waals surface area contributed by atoms with Gasteiger partial charge in [0.1, 0.15) is 0 Å². The highest BCUT2D eigenvalue weighted by atomic mass is 16.5. The number of hydrogen-bond acceptors (Lipinski definition) is 5. The maximum atomic E-state index is 10.1. The third-order valence-electron chi connectivity index (χ3n) is 5.26. The number of para-hydroxylation sites is 1. The van der Waals surface area contributed by atoms with Crippen molar-refractivity contribution in [3.05, 3.63) is 48.0 Å². The molecule has 1 aliphatic heterocycles. The topological polar surface area (TPSA) is 78.4 Å². The van der Waals surface area contributed by atoms with Gasteiger partial charge in [-0.25, -0.2) is 4.99 Å². The van der Waals surface area contributed by atoms with Crippen LogP contribution in [0.2, 0.25) is 0 Å². The van der Waals surface area contributed by atoms with Crippen molar-refractivity contribution in [3.8, 4) is 17.2 Å². The van der Waals surface area contributed by atoms with Crippen LogP contribution >= 0.6 is 0 Å². The second-order valence-corrected chi connectivity index (χ2v) is 7.29. The minimum Gasteiger partial charge on any atom is -0.502 e. The van der Waals surface area contributed by atoms with Crippen molar-refractivity contribution in [2.75, 3.05) is 38.8 Å². The Hall–Kier alpha value is -3.09. The molecule has 1 saturated heterocycles. The van der Waals surface area contributed by atoms with E-state index in [1.54, 1.807) is 12.1 Å². The van der Waals surface area contributed by atoms with Crippen LogP contribution in [-0.2, 0) is 6.54 Å². The van der Waals surface area contributed by atoms with Crippen molar-refractivity contribution in [1.29, 1.82) is 0 Å². The van der Waals surface area contributed by atoms with Gasteiger partial charge in [-0.2, -0.15) is 0 Å². The van der Waals surface area contributed by atoms with E-state index < -0.39 is 0 Å². The molecule has 30 heavy (non-hydrogen) atoms. The molecule has 0 bridgehead atoms. The summed E-state index contributed by atoms with van der Waals surface area (Å²) in [5, 5.41) is 17.0. The van der Waals surface area contributed by atoms with Crippen molar-refractivity contribution >= 4 is 11.6 Å². The number of methoxy groups -OCH3 is 2. The summed E-state index contributed by atoms with van der Waals surface area (Å²) in [6.45, 7) is 5.34. The number of guanidine groups is 1. The molecule has 0 aromatic heterocycles. The lowest BCUT2D eigenvalue weighted by atomic mass is 10.0. The van der Waals surface area contributed by atoms with Crippen LogP contribution in [0.25, 0.3) is 0 Å². The van der Waals surface area contributed by atoms with Gasteiger partial charge in [0.15, 0.2) is 17.5 Å². The number of anilines is 1. The second kappa shape index (κ2) is 10.6. The van der Waals surface area contributed by atoms with Gasteiger partial charge in [0, 0.05) is 31.4 Å². The number of ether oxygens (including phenoxy) is 2. The molecule has 0 radical (unpaired) electrons. The van der Waals surface area contributed by atoms with Crippen molar-refractivity contribution in [3.63, 3.8) is 0 Å². The summed E-state index contributed by atoms with van der Waals surface area (Å²) in [5.41, 5.74) is 2.18. The molecule has 1 heterocycles. The molecule has 0 unspecified atom stereocenters. The molecule has 0 spiro atoms. The van der Waals surface area contributed by atoms with Crippen LogP contribution in [0.5, 0.6) is 17.2 Å². The second-order valence-electron chi connectivity index (χ2n) is 7.29. The first-order valence-corrected chi connectivity index (χ1v) is 10.4. The normalized spacial score (nSPS) is 15.0.